The summed E-state index contributed by atoms with van der Waals surface area (Å²) in [5.74, 6) is -0.697. The van der Waals surface area contributed by atoms with Gasteiger partial charge < -0.3 is 9.64 Å². The lowest BCUT2D eigenvalue weighted by Gasteiger charge is -2.25. The van der Waals surface area contributed by atoms with Gasteiger partial charge in [0.1, 0.15) is 5.01 Å². The fourth-order valence-electron chi connectivity index (χ4n) is 3.15. The minimum atomic E-state index is -0.495. The molecule has 0 saturated carbocycles. The lowest BCUT2D eigenvalue weighted by Crippen LogP contribution is -2.33. The second-order valence-corrected chi connectivity index (χ2v) is 8.86. The van der Waals surface area contributed by atoms with Gasteiger partial charge >= 0.3 is 5.97 Å². The Labute approximate surface area is 181 Å². The standard InChI is InChI=1S/C21H19N3O4S2/c1-13(25)24-7-5-18-14(10-24)8-19(30-18)17(26)11-28-20(27)9-15-12-29-21(23-15)16-4-2-3-6-22-16/h2-4,6,8,12H,5,7,9-11H2,1H3. The predicted octanol–water partition coefficient (Wildman–Crippen LogP) is 3.14. The molecule has 0 saturated heterocycles. The van der Waals surface area contributed by atoms with Gasteiger partial charge in [-0.15, -0.1) is 22.7 Å². The van der Waals surface area contributed by atoms with Crippen LogP contribution >= 0.6 is 22.7 Å². The summed E-state index contributed by atoms with van der Waals surface area (Å²) in [6.07, 6.45) is 2.44. The summed E-state index contributed by atoms with van der Waals surface area (Å²) in [4.78, 5) is 48.2. The predicted molar refractivity (Wildman–Crippen MR) is 113 cm³/mol. The van der Waals surface area contributed by atoms with E-state index in [0.717, 1.165) is 27.6 Å². The van der Waals surface area contributed by atoms with E-state index in [4.69, 9.17) is 4.74 Å². The molecule has 0 atom stereocenters. The number of nitrogens with zero attached hydrogens (tertiary/aromatic N) is 3. The van der Waals surface area contributed by atoms with Crippen LogP contribution in [0.3, 0.4) is 0 Å². The number of rotatable bonds is 6. The second kappa shape index (κ2) is 8.85. The first-order valence-corrected chi connectivity index (χ1v) is 11.1. The molecule has 0 N–H and O–H groups in total. The third kappa shape index (κ3) is 4.63. The summed E-state index contributed by atoms with van der Waals surface area (Å²) in [6, 6.07) is 7.37. The zero-order valence-electron chi connectivity index (χ0n) is 16.3. The lowest BCUT2D eigenvalue weighted by molar-refractivity contribution is -0.141. The number of thiazole rings is 1. The van der Waals surface area contributed by atoms with E-state index in [0.29, 0.717) is 23.7 Å². The number of carbonyl (C=O) groups excluding carboxylic acids is 3. The van der Waals surface area contributed by atoms with Crippen molar-refractivity contribution in [3.8, 4) is 10.7 Å². The molecule has 7 nitrogen and oxygen atoms in total. The number of carbonyl (C=O) groups is 3. The number of pyridine rings is 1. The minimum Gasteiger partial charge on any atom is -0.457 e. The van der Waals surface area contributed by atoms with Gasteiger partial charge in [0.2, 0.25) is 11.7 Å². The second-order valence-electron chi connectivity index (χ2n) is 6.87. The summed E-state index contributed by atoms with van der Waals surface area (Å²) in [7, 11) is 0. The average Bonchev–Trinajstić information content (AvgIpc) is 3.39. The van der Waals surface area contributed by atoms with Crippen LogP contribution in [0, 0.1) is 0 Å². The third-order valence-corrected chi connectivity index (χ3v) is 6.90. The van der Waals surface area contributed by atoms with E-state index < -0.39 is 5.97 Å². The van der Waals surface area contributed by atoms with Crippen molar-refractivity contribution in [2.24, 2.45) is 0 Å². The molecule has 1 aliphatic rings. The van der Waals surface area contributed by atoms with E-state index in [1.807, 2.05) is 24.3 Å². The summed E-state index contributed by atoms with van der Waals surface area (Å²) >= 11 is 2.83. The summed E-state index contributed by atoms with van der Waals surface area (Å²) in [5.41, 5.74) is 2.34. The van der Waals surface area contributed by atoms with Crippen molar-refractivity contribution in [1.82, 2.24) is 14.9 Å². The topological polar surface area (TPSA) is 89.5 Å². The van der Waals surface area contributed by atoms with E-state index in [-0.39, 0.29) is 24.7 Å². The van der Waals surface area contributed by atoms with E-state index in [9.17, 15) is 14.4 Å². The fourth-order valence-corrected chi connectivity index (χ4v) is 5.03. The third-order valence-electron chi connectivity index (χ3n) is 4.71. The molecular formula is C21H19N3O4S2. The van der Waals surface area contributed by atoms with Crippen LogP contribution in [0.5, 0.6) is 0 Å². The molecule has 0 aliphatic carbocycles. The minimum absolute atomic E-state index is 0.00508. The molecule has 3 aromatic heterocycles. The van der Waals surface area contributed by atoms with Crippen molar-refractivity contribution in [3.05, 3.63) is 56.9 Å². The van der Waals surface area contributed by atoms with Crippen LogP contribution in [0.25, 0.3) is 10.7 Å². The number of esters is 1. The maximum Gasteiger partial charge on any atom is 0.312 e. The molecule has 0 radical (unpaired) electrons. The molecule has 4 rings (SSSR count). The molecule has 0 spiro atoms. The highest BCUT2D eigenvalue weighted by atomic mass is 32.1. The molecule has 0 aromatic carbocycles. The number of fused-ring (bicyclic) bond motifs is 1. The van der Waals surface area contributed by atoms with Crippen LogP contribution in [-0.4, -0.2) is 45.7 Å². The smallest absolute Gasteiger partial charge is 0.312 e. The van der Waals surface area contributed by atoms with E-state index in [1.165, 1.54) is 22.7 Å². The largest absolute Gasteiger partial charge is 0.457 e. The first-order valence-electron chi connectivity index (χ1n) is 9.41. The number of ketones is 1. The Morgan fingerprint density at radius 2 is 2.13 bits per heavy atom. The van der Waals surface area contributed by atoms with Gasteiger partial charge in [0.05, 0.1) is 22.7 Å². The Kier molecular flexibility index (Phi) is 6.01. The van der Waals surface area contributed by atoms with Gasteiger partial charge in [-0.25, -0.2) is 4.98 Å². The van der Waals surface area contributed by atoms with Gasteiger partial charge in [-0.05, 0) is 30.2 Å². The molecule has 0 unspecified atom stereocenters. The van der Waals surface area contributed by atoms with Crippen molar-refractivity contribution in [2.75, 3.05) is 13.2 Å². The van der Waals surface area contributed by atoms with Crippen molar-refractivity contribution >= 4 is 40.3 Å². The maximum atomic E-state index is 12.5. The van der Waals surface area contributed by atoms with Crippen LogP contribution < -0.4 is 0 Å². The molecule has 1 amide bonds. The zero-order valence-corrected chi connectivity index (χ0v) is 17.9. The summed E-state index contributed by atoms with van der Waals surface area (Å²) in [6.45, 7) is 2.44. The number of aromatic nitrogens is 2. The molecule has 4 heterocycles. The number of hydrogen-bond acceptors (Lipinski definition) is 8. The SMILES string of the molecule is CC(=O)N1CCc2sc(C(=O)COC(=O)Cc3csc(-c4ccccn4)n3)cc2C1. The van der Waals surface area contributed by atoms with E-state index in [2.05, 4.69) is 9.97 Å². The van der Waals surface area contributed by atoms with Crippen molar-refractivity contribution in [1.29, 1.82) is 0 Å². The molecule has 1 aliphatic heterocycles. The van der Waals surface area contributed by atoms with Crippen LogP contribution in [0.2, 0.25) is 0 Å². The molecule has 9 heteroatoms. The Morgan fingerprint density at radius 1 is 1.27 bits per heavy atom. The fraction of sp³-hybridized carbons (Fsp3) is 0.286. The summed E-state index contributed by atoms with van der Waals surface area (Å²) in [5, 5.41) is 2.53. The van der Waals surface area contributed by atoms with E-state index in [1.54, 1.807) is 23.4 Å². The first kappa shape index (κ1) is 20.4. The number of amides is 1. The molecule has 154 valence electrons. The normalized spacial score (nSPS) is 13.0. The van der Waals surface area contributed by atoms with Crippen LogP contribution in [-0.2, 0) is 33.7 Å². The zero-order chi connectivity index (χ0) is 21.1. The average molecular weight is 442 g/mol. The highest BCUT2D eigenvalue weighted by molar-refractivity contribution is 7.14. The molecule has 3 aromatic rings. The first-order chi connectivity index (χ1) is 14.5. The van der Waals surface area contributed by atoms with Gasteiger partial charge in [0, 0.05) is 36.5 Å². The molecular weight excluding hydrogens is 422 g/mol. The highest BCUT2D eigenvalue weighted by Gasteiger charge is 2.23. The number of ether oxygens (including phenoxy) is 1. The number of Topliss-reactive ketones (excluding diaryl/α,β-unsaturated/α-hetero) is 1. The molecule has 0 bridgehead atoms. The Hall–Kier alpha value is -2.91. The Balaban J connectivity index is 1.31. The van der Waals surface area contributed by atoms with Crippen LogP contribution in [0.1, 0.15) is 32.7 Å². The van der Waals surface area contributed by atoms with Gasteiger partial charge in [-0.2, -0.15) is 0 Å². The Bertz CT molecular complexity index is 1090. The van der Waals surface area contributed by atoms with Gasteiger partial charge in [-0.3, -0.25) is 19.4 Å². The van der Waals surface area contributed by atoms with E-state index >= 15 is 0 Å². The highest BCUT2D eigenvalue weighted by Crippen LogP contribution is 2.28. The monoisotopic (exact) mass is 441 g/mol. The number of hydrogen-bond donors (Lipinski definition) is 0. The lowest BCUT2D eigenvalue weighted by atomic mass is 10.1. The van der Waals surface area contributed by atoms with Crippen LogP contribution in [0.4, 0.5) is 0 Å². The van der Waals surface area contributed by atoms with Gasteiger partial charge in [0.25, 0.3) is 0 Å². The van der Waals surface area contributed by atoms with Gasteiger partial charge in [0.15, 0.2) is 6.61 Å². The van der Waals surface area contributed by atoms with Crippen molar-refractivity contribution in [2.45, 2.75) is 26.3 Å². The summed E-state index contributed by atoms with van der Waals surface area (Å²) < 4.78 is 5.17. The number of thiophene rings is 1. The Morgan fingerprint density at radius 3 is 2.90 bits per heavy atom. The quantitative estimate of drug-likeness (QED) is 0.431. The van der Waals surface area contributed by atoms with Crippen molar-refractivity contribution < 1.29 is 19.1 Å². The van der Waals surface area contributed by atoms with Crippen LogP contribution in [0.15, 0.2) is 35.8 Å². The van der Waals surface area contributed by atoms with Crippen molar-refractivity contribution in [3.63, 3.8) is 0 Å². The molecule has 30 heavy (non-hydrogen) atoms. The molecule has 0 fully saturated rings. The van der Waals surface area contributed by atoms with Gasteiger partial charge in [-0.1, -0.05) is 6.07 Å². The maximum absolute atomic E-state index is 12.5.